The number of ether oxygens (including phenoxy) is 1. The van der Waals surface area contributed by atoms with Crippen LogP contribution < -0.4 is 10.1 Å². The van der Waals surface area contributed by atoms with Gasteiger partial charge in [0.25, 0.3) is 5.88 Å². The van der Waals surface area contributed by atoms with Gasteiger partial charge in [-0.3, -0.25) is 10.1 Å². The highest BCUT2D eigenvalue weighted by Gasteiger charge is 2.18. The third kappa shape index (κ3) is 3.41. The van der Waals surface area contributed by atoms with Gasteiger partial charge in [-0.25, -0.2) is 4.98 Å². The molecule has 8 heteroatoms. The van der Waals surface area contributed by atoms with E-state index in [1.54, 1.807) is 7.05 Å². The molecule has 0 saturated carbocycles. The summed E-state index contributed by atoms with van der Waals surface area (Å²) in [6, 6.07) is 7.45. The van der Waals surface area contributed by atoms with Gasteiger partial charge < -0.3 is 10.1 Å². The van der Waals surface area contributed by atoms with Gasteiger partial charge >= 0.3 is 5.69 Å². The monoisotopic (exact) mass is 338 g/mol. The molecule has 1 N–H and O–H groups in total. The van der Waals surface area contributed by atoms with Crippen LogP contribution in [-0.4, -0.2) is 21.9 Å². The van der Waals surface area contributed by atoms with Gasteiger partial charge in [0.15, 0.2) is 0 Å². The fraction of sp³-hybridized carbons (Fsp3) is 0.167. The summed E-state index contributed by atoms with van der Waals surface area (Å²) >= 11 is 3.33. The molecule has 20 heavy (non-hydrogen) atoms. The lowest BCUT2D eigenvalue weighted by Gasteiger charge is -2.07. The maximum Gasteiger partial charge on any atom is 0.349 e. The zero-order valence-electron chi connectivity index (χ0n) is 10.5. The van der Waals surface area contributed by atoms with Crippen molar-refractivity contribution < 1.29 is 9.66 Å². The first-order valence-corrected chi connectivity index (χ1v) is 6.46. The molecule has 0 aliphatic rings. The van der Waals surface area contributed by atoms with E-state index in [1.807, 2.05) is 24.3 Å². The maximum absolute atomic E-state index is 10.9. The maximum atomic E-state index is 10.9. The average Bonchev–Trinajstić information content (AvgIpc) is 2.46. The van der Waals surface area contributed by atoms with Crippen LogP contribution in [-0.2, 0) is 6.61 Å². The van der Waals surface area contributed by atoms with Crippen molar-refractivity contribution in [2.45, 2.75) is 6.61 Å². The highest BCUT2D eigenvalue weighted by molar-refractivity contribution is 9.10. The molecule has 0 radical (unpaired) electrons. The topological polar surface area (TPSA) is 90.2 Å². The van der Waals surface area contributed by atoms with Crippen molar-refractivity contribution in [1.82, 2.24) is 9.97 Å². The molecule has 2 rings (SSSR count). The van der Waals surface area contributed by atoms with Gasteiger partial charge in [-0.05, 0) is 17.7 Å². The standard InChI is InChI=1S/C12H11BrN4O3/c1-14-12-15-6-10(17(18)19)11(16-12)20-7-8-2-4-9(13)5-3-8/h2-6H,7H2,1H3,(H,14,15,16). The van der Waals surface area contributed by atoms with Crippen LogP contribution in [0.4, 0.5) is 11.6 Å². The van der Waals surface area contributed by atoms with Crippen molar-refractivity contribution in [3.05, 3.63) is 50.6 Å². The Morgan fingerprint density at radius 1 is 1.40 bits per heavy atom. The Labute approximate surface area is 123 Å². The number of benzene rings is 1. The summed E-state index contributed by atoms with van der Waals surface area (Å²) in [5.41, 5.74) is 0.619. The van der Waals surface area contributed by atoms with E-state index in [9.17, 15) is 10.1 Å². The van der Waals surface area contributed by atoms with Crippen molar-refractivity contribution in [1.29, 1.82) is 0 Å². The SMILES string of the molecule is CNc1ncc([N+](=O)[O-])c(OCc2ccc(Br)cc2)n1. The van der Waals surface area contributed by atoms with Crippen LogP contribution in [0.1, 0.15) is 5.56 Å². The molecular weight excluding hydrogens is 328 g/mol. The number of hydrogen-bond donors (Lipinski definition) is 1. The minimum Gasteiger partial charge on any atom is -0.468 e. The minimum atomic E-state index is -0.573. The van der Waals surface area contributed by atoms with Crippen molar-refractivity contribution in [3.63, 3.8) is 0 Å². The molecule has 0 atom stereocenters. The minimum absolute atomic E-state index is 0.0581. The molecule has 0 bridgehead atoms. The van der Waals surface area contributed by atoms with Crippen molar-refractivity contribution in [2.24, 2.45) is 0 Å². The van der Waals surface area contributed by atoms with E-state index < -0.39 is 4.92 Å². The third-order valence-electron chi connectivity index (χ3n) is 2.44. The van der Waals surface area contributed by atoms with E-state index in [0.29, 0.717) is 0 Å². The van der Waals surface area contributed by atoms with Gasteiger partial charge in [0.2, 0.25) is 5.95 Å². The smallest absolute Gasteiger partial charge is 0.349 e. The van der Waals surface area contributed by atoms with Crippen molar-refractivity contribution in [2.75, 3.05) is 12.4 Å². The number of nitro groups is 1. The van der Waals surface area contributed by atoms with Crippen molar-refractivity contribution >= 4 is 27.6 Å². The number of halogens is 1. The zero-order chi connectivity index (χ0) is 14.5. The molecule has 7 nitrogen and oxygen atoms in total. The number of rotatable bonds is 5. The number of nitrogens with one attached hydrogen (secondary N) is 1. The molecular formula is C12H11BrN4O3. The van der Waals surface area contributed by atoms with Gasteiger partial charge in [-0.2, -0.15) is 4.98 Å². The molecule has 1 aromatic carbocycles. The Bertz CT molecular complexity index is 619. The molecule has 0 aliphatic heterocycles. The van der Waals surface area contributed by atoms with Crippen LogP contribution in [0, 0.1) is 10.1 Å². The normalized spacial score (nSPS) is 10.1. The van der Waals surface area contributed by atoms with Crippen LogP contribution in [0.3, 0.4) is 0 Å². The quantitative estimate of drug-likeness (QED) is 0.665. The molecule has 0 spiro atoms. The predicted octanol–water partition coefficient (Wildman–Crippen LogP) is 2.77. The second-order valence-electron chi connectivity index (χ2n) is 3.81. The average molecular weight is 339 g/mol. The lowest BCUT2D eigenvalue weighted by molar-refractivity contribution is -0.386. The molecule has 0 unspecified atom stereocenters. The summed E-state index contributed by atoms with van der Waals surface area (Å²) in [5, 5.41) is 13.6. The lowest BCUT2D eigenvalue weighted by atomic mass is 10.2. The van der Waals surface area contributed by atoms with Crippen LogP contribution in [0.25, 0.3) is 0 Å². The Hall–Kier alpha value is -2.22. The van der Waals surface area contributed by atoms with E-state index in [-0.39, 0.29) is 24.1 Å². The van der Waals surface area contributed by atoms with E-state index in [1.165, 1.54) is 0 Å². The van der Waals surface area contributed by atoms with E-state index in [4.69, 9.17) is 4.74 Å². The van der Waals surface area contributed by atoms with Crippen molar-refractivity contribution in [3.8, 4) is 5.88 Å². The first kappa shape index (κ1) is 14.2. The van der Waals surface area contributed by atoms with E-state index in [2.05, 4.69) is 31.2 Å². The second-order valence-corrected chi connectivity index (χ2v) is 4.72. The van der Waals surface area contributed by atoms with Gasteiger partial charge in [-0.15, -0.1) is 0 Å². The Morgan fingerprint density at radius 2 is 2.10 bits per heavy atom. The molecule has 2 aromatic rings. The predicted molar refractivity (Wildman–Crippen MR) is 76.7 cm³/mol. The second kappa shape index (κ2) is 6.29. The molecule has 104 valence electrons. The highest BCUT2D eigenvalue weighted by atomic mass is 79.9. The molecule has 0 saturated heterocycles. The van der Waals surface area contributed by atoms with E-state index >= 15 is 0 Å². The van der Waals surface area contributed by atoms with Gasteiger partial charge in [-0.1, -0.05) is 28.1 Å². The number of hydrogen-bond acceptors (Lipinski definition) is 6. The summed E-state index contributed by atoms with van der Waals surface area (Å²) in [7, 11) is 1.62. The Morgan fingerprint density at radius 3 is 2.70 bits per heavy atom. The molecule has 1 aromatic heterocycles. The Kier molecular flexibility index (Phi) is 4.46. The van der Waals surface area contributed by atoms with Gasteiger partial charge in [0, 0.05) is 11.5 Å². The summed E-state index contributed by atoms with van der Waals surface area (Å²) < 4.78 is 6.37. The fourth-order valence-corrected chi connectivity index (χ4v) is 1.71. The summed E-state index contributed by atoms with van der Waals surface area (Å²) in [6.45, 7) is 0.189. The molecule has 1 heterocycles. The third-order valence-corrected chi connectivity index (χ3v) is 2.97. The molecule has 0 fully saturated rings. The highest BCUT2D eigenvalue weighted by Crippen LogP contribution is 2.25. The Balaban J connectivity index is 2.18. The van der Waals surface area contributed by atoms with Crippen LogP contribution in [0.5, 0.6) is 5.88 Å². The summed E-state index contributed by atoms with van der Waals surface area (Å²) in [4.78, 5) is 18.1. The number of nitrogens with zero attached hydrogens (tertiary/aromatic N) is 3. The van der Waals surface area contributed by atoms with Crippen LogP contribution in [0.15, 0.2) is 34.9 Å². The first-order chi connectivity index (χ1) is 9.60. The van der Waals surface area contributed by atoms with Gasteiger partial charge in [0.1, 0.15) is 12.8 Å². The largest absolute Gasteiger partial charge is 0.468 e. The number of anilines is 1. The van der Waals surface area contributed by atoms with Crippen LogP contribution in [0.2, 0.25) is 0 Å². The first-order valence-electron chi connectivity index (χ1n) is 5.66. The van der Waals surface area contributed by atoms with Gasteiger partial charge in [0.05, 0.1) is 4.92 Å². The molecule has 0 aliphatic carbocycles. The summed E-state index contributed by atoms with van der Waals surface area (Å²) in [5.74, 6) is 0.207. The molecule has 0 amide bonds. The summed E-state index contributed by atoms with van der Waals surface area (Å²) in [6.07, 6.45) is 1.12. The fourth-order valence-electron chi connectivity index (χ4n) is 1.44. The van der Waals surface area contributed by atoms with E-state index in [0.717, 1.165) is 16.2 Å². The zero-order valence-corrected chi connectivity index (χ0v) is 12.1. The van der Waals surface area contributed by atoms with Crippen LogP contribution >= 0.6 is 15.9 Å². The lowest BCUT2D eigenvalue weighted by Crippen LogP contribution is -2.04. The number of aromatic nitrogens is 2.